The molecule has 2 aromatic carbocycles. The van der Waals surface area contributed by atoms with Crippen LogP contribution in [0.1, 0.15) is 77.2 Å². The number of rotatable bonds is 13. The van der Waals surface area contributed by atoms with E-state index in [9.17, 15) is 19.2 Å². The van der Waals surface area contributed by atoms with Crippen LogP contribution in [0.25, 0.3) is 0 Å². The first kappa shape index (κ1) is 32.5. The van der Waals surface area contributed by atoms with Gasteiger partial charge in [-0.15, -0.1) is 0 Å². The van der Waals surface area contributed by atoms with Gasteiger partial charge in [0.25, 0.3) is 0 Å². The van der Waals surface area contributed by atoms with Crippen molar-refractivity contribution in [3.8, 4) is 11.5 Å². The summed E-state index contributed by atoms with van der Waals surface area (Å²) >= 11 is 0. The number of hydrogen-bond acceptors (Lipinski definition) is 9. The lowest BCUT2D eigenvalue weighted by atomic mass is 9.90. The number of benzene rings is 2. The van der Waals surface area contributed by atoms with Crippen molar-refractivity contribution in [2.75, 3.05) is 6.61 Å². The van der Waals surface area contributed by atoms with Gasteiger partial charge in [-0.05, 0) is 83.7 Å². The second-order valence-electron chi connectivity index (χ2n) is 11.1. The molecule has 0 radical (unpaired) electrons. The molecule has 0 bridgehead atoms. The van der Waals surface area contributed by atoms with E-state index in [1.54, 1.807) is 71.0 Å². The van der Waals surface area contributed by atoms with Gasteiger partial charge in [0.2, 0.25) is 0 Å². The van der Waals surface area contributed by atoms with Gasteiger partial charge in [0.1, 0.15) is 18.8 Å². The van der Waals surface area contributed by atoms with Crippen LogP contribution >= 0.6 is 0 Å². The Morgan fingerprint density at radius 3 is 1.93 bits per heavy atom. The number of carbonyl (C=O) groups is 4. The molecule has 40 heavy (non-hydrogen) atoms. The normalized spacial score (nSPS) is 13.1. The van der Waals surface area contributed by atoms with Crippen molar-refractivity contribution < 1.29 is 38.1 Å². The van der Waals surface area contributed by atoms with E-state index in [-0.39, 0.29) is 24.5 Å². The van der Waals surface area contributed by atoms with Gasteiger partial charge in [0.05, 0.1) is 16.4 Å². The van der Waals surface area contributed by atoms with E-state index in [0.29, 0.717) is 24.0 Å². The third-order valence-electron chi connectivity index (χ3n) is 6.82. The van der Waals surface area contributed by atoms with Gasteiger partial charge >= 0.3 is 23.9 Å². The van der Waals surface area contributed by atoms with Crippen LogP contribution in [0.4, 0.5) is 0 Å². The van der Waals surface area contributed by atoms with Crippen LogP contribution in [0.5, 0.6) is 11.5 Å². The van der Waals surface area contributed by atoms with E-state index in [1.807, 2.05) is 13.8 Å². The van der Waals surface area contributed by atoms with Gasteiger partial charge < -0.3 is 24.7 Å². The zero-order valence-electron chi connectivity index (χ0n) is 24.4. The van der Waals surface area contributed by atoms with Gasteiger partial charge in [0.15, 0.2) is 11.5 Å². The lowest BCUT2D eigenvalue weighted by Crippen LogP contribution is -2.36. The van der Waals surface area contributed by atoms with E-state index < -0.39 is 46.9 Å². The van der Waals surface area contributed by atoms with Crippen LogP contribution in [0.15, 0.2) is 48.5 Å². The first-order chi connectivity index (χ1) is 18.7. The summed E-state index contributed by atoms with van der Waals surface area (Å²) in [5, 5.41) is 0. The van der Waals surface area contributed by atoms with E-state index in [0.717, 1.165) is 0 Å². The predicted octanol–water partition coefficient (Wildman–Crippen LogP) is 5.03. The summed E-state index contributed by atoms with van der Waals surface area (Å²) in [5.74, 6) is -2.00. The molecule has 0 spiro atoms. The van der Waals surface area contributed by atoms with Crippen LogP contribution in [0.2, 0.25) is 0 Å². The summed E-state index contributed by atoms with van der Waals surface area (Å²) in [7, 11) is 0. The van der Waals surface area contributed by atoms with Gasteiger partial charge in [-0.3, -0.25) is 14.4 Å². The maximum absolute atomic E-state index is 12.8. The topological polar surface area (TPSA) is 131 Å². The van der Waals surface area contributed by atoms with Crippen LogP contribution in [-0.4, -0.2) is 42.6 Å². The fourth-order valence-electron chi connectivity index (χ4n) is 3.11. The molecule has 0 amide bonds. The molecular formula is C31H41NO8. The molecule has 0 aliphatic heterocycles. The highest BCUT2D eigenvalue weighted by molar-refractivity contribution is 5.89. The molecule has 0 heterocycles. The molecule has 9 nitrogen and oxygen atoms in total. The third kappa shape index (κ3) is 9.19. The zero-order valence-corrected chi connectivity index (χ0v) is 24.4. The molecule has 9 heteroatoms. The van der Waals surface area contributed by atoms with E-state index in [1.165, 1.54) is 12.1 Å². The van der Waals surface area contributed by atoms with Gasteiger partial charge in [-0.1, -0.05) is 38.1 Å². The number of esters is 4. The Morgan fingerprint density at radius 1 is 0.825 bits per heavy atom. The van der Waals surface area contributed by atoms with Crippen molar-refractivity contribution in [1.29, 1.82) is 0 Å². The Morgan fingerprint density at radius 2 is 1.38 bits per heavy atom. The van der Waals surface area contributed by atoms with E-state index in [2.05, 4.69) is 0 Å². The number of ether oxygens (including phenoxy) is 4. The van der Waals surface area contributed by atoms with Crippen molar-refractivity contribution in [3.63, 3.8) is 0 Å². The molecule has 2 atom stereocenters. The molecule has 0 saturated heterocycles. The second kappa shape index (κ2) is 14.1. The highest BCUT2D eigenvalue weighted by Crippen LogP contribution is 2.34. The molecule has 0 unspecified atom stereocenters. The minimum Gasteiger partial charge on any atom is -0.461 e. The maximum atomic E-state index is 12.8. The Balaban J connectivity index is 2.10. The molecule has 0 aliphatic rings. The number of carbonyl (C=O) groups excluding carboxylic acids is 4. The van der Waals surface area contributed by atoms with Crippen molar-refractivity contribution >= 4 is 23.9 Å². The molecule has 0 aliphatic carbocycles. The molecule has 2 aromatic rings. The van der Waals surface area contributed by atoms with Crippen LogP contribution in [-0.2, 0) is 30.3 Å². The Kier molecular flexibility index (Phi) is 11.4. The van der Waals surface area contributed by atoms with Crippen LogP contribution in [0.3, 0.4) is 0 Å². The highest BCUT2D eigenvalue weighted by Gasteiger charge is 2.31. The summed E-state index contributed by atoms with van der Waals surface area (Å²) in [6.07, 6.45) is 0.480. The Bertz CT molecular complexity index is 1190. The molecule has 0 fully saturated rings. The summed E-state index contributed by atoms with van der Waals surface area (Å²) in [6.45, 7) is 12.2. The Hall–Kier alpha value is -3.72. The minimum absolute atomic E-state index is 0.0614. The lowest BCUT2D eigenvalue weighted by molar-refractivity contribution is -0.148. The average Bonchev–Trinajstić information content (AvgIpc) is 2.93. The van der Waals surface area contributed by atoms with E-state index >= 15 is 0 Å². The average molecular weight is 556 g/mol. The summed E-state index contributed by atoms with van der Waals surface area (Å²) in [4.78, 5) is 50.3. The summed E-state index contributed by atoms with van der Waals surface area (Å²) < 4.78 is 21.8. The predicted molar refractivity (Wildman–Crippen MR) is 150 cm³/mol. The molecule has 2 rings (SSSR count). The molecule has 218 valence electrons. The fourth-order valence-corrected chi connectivity index (χ4v) is 3.11. The van der Waals surface area contributed by atoms with Crippen molar-refractivity contribution in [3.05, 3.63) is 59.7 Å². The van der Waals surface area contributed by atoms with Gasteiger partial charge in [0, 0.05) is 0 Å². The Labute approximate surface area is 236 Å². The number of nitrogens with two attached hydrogens (primary N) is 1. The molecule has 0 aromatic heterocycles. The lowest BCUT2D eigenvalue weighted by Gasteiger charge is -2.23. The minimum atomic E-state index is -1.04. The first-order valence-corrected chi connectivity index (χ1v) is 13.5. The van der Waals surface area contributed by atoms with Crippen molar-refractivity contribution in [1.82, 2.24) is 0 Å². The second-order valence-corrected chi connectivity index (χ2v) is 11.1. The molecular weight excluding hydrogens is 514 g/mol. The zero-order chi connectivity index (χ0) is 30.1. The van der Waals surface area contributed by atoms with Gasteiger partial charge in [-0.2, -0.15) is 0 Å². The van der Waals surface area contributed by atoms with Crippen LogP contribution in [0, 0.1) is 10.8 Å². The van der Waals surface area contributed by atoms with Crippen molar-refractivity contribution in [2.45, 2.75) is 79.9 Å². The van der Waals surface area contributed by atoms with E-state index in [4.69, 9.17) is 24.7 Å². The van der Waals surface area contributed by atoms with Crippen molar-refractivity contribution in [2.24, 2.45) is 16.6 Å². The highest BCUT2D eigenvalue weighted by atomic mass is 16.6. The maximum Gasteiger partial charge on any atom is 0.338 e. The molecule has 0 saturated carbocycles. The fraction of sp³-hybridized carbons (Fsp3) is 0.484. The summed E-state index contributed by atoms with van der Waals surface area (Å²) in [5.41, 5.74) is 5.55. The largest absolute Gasteiger partial charge is 0.461 e. The van der Waals surface area contributed by atoms with Gasteiger partial charge in [-0.25, -0.2) is 4.79 Å². The molecule has 2 N–H and O–H groups in total. The SMILES string of the molecule is CCC(C)(C)C(=O)Oc1ccc(C[C@H](N)C(=O)OC[C@H](C)OC(=O)c2ccccc2)cc1OC(=O)C(C)(C)CC. The number of hydrogen-bond donors (Lipinski definition) is 1. The summed E-state index contributed by atoms with van der Waals surface area (Å²) in [6, 6.07) is 12.1. The van der Waals surface area contributed by atoms with Crippen LogP contribution < -0.4 is 15.2 Å². The third-order valence-corrected chi connectivity index (χ3v) is 6.82. The monoisotopic (exact) mass is 555 g/mol. The smallest absolute Gasteiger partial charge is 0.338 e. The quantitative estimate of drug-likeness (QED) is 0.267. The standard InChI is InChI=1S/C31H41NO8/c1-8-30(4,5)28(35)39-24-16-15-21(18-25(24)40-29(36)31(6,7)9-2)17-23(32)27(34)37-19-20(3)38-26(33)22-13-11-10-12-14-22/h10-16,18,20,23H,8-9,17,19,32H2,1-7H3/t20-,23-/m0/s1. The first-order valence-electron chi connectivity index (χ1n) is 13.5.